The number of furan rings is 1. The monoisotopic (exact) mass is 677 g/mol. The highest BCUT2D eigenvalue weighted by Gasteiger charge is 2.42. The molecular weight excluding hydrogens is 649 g/mol. The maximum Gasteiger partial charge on any atom is 0.329 e. The first kappa shape index (κ1) is 28.4. The molecule has 0 saturated heterocycles. The molecule has 0 N–H and O–H groups in total. The summed E-state index contributed by atoms with van der Waals surface area (Å²) < 4.78 is 8.85. The molecule has 240 valence electrons. The first-order chi connectivity index (χ1) is 25.8. The first-order valence-corrected chi connectivity index (χ1v) is 18.7. The molecule has 4 heteroatoms. The van der Waals surface area contributed by atoms with E-state index in [1.165, 1.54) is 87.0 Å². The van der Waals surface area contributed by atoms with Crippen LogP contribution in [0.15, 0.2) is 174 Å². The number of para-hydroxylation sites is 2. The summed E-state index contributed by atoms with van der Waals surface area (Å²) in [6, 6.07) is 62.7. The van der Waals surface area contributed by atoms with E-state index >= 15 is 0 Å². The molecule has 4 heterocycles. The van der Waals surface area contributed by atoms with Crippen molar-refractivity contribution in [3.05, 3.63) is 170 Å². The van der Waals surface area contributed by atoms with E-state index in [1.807, 2.05) is 23.5 Å². The van der Waals surface area contributed by atoms with E-state index < -0.39 is 0 Å². The Morgan fingerprint density at radius 1 is 0.385 bits per heavy atom. The summed E-state index contributed by atoms with van der Waals surface area (Å²) in [7, 11) is 0. The predicted octanol–water partition coefficient (Wildman–Crippen LogP) is 12.2. The van der Waals surface area contributed by atoms with Crippen molar-refractivity contribution in [1.29, 1.82) is 0 Å². The second-order valence-corrected chi connectivity index (χ2v) is 15.1. The van der Waals surface area contributed by atoms with Gasteiger partial charge in [0.15, 0.2) is 0 Å². The van der Waals surface area contributed by atoms with Gasteiger partial charge < -0.3 is 9.23 Å². The van der Waals surface area contributed by atoms with Crippen molar-refractivity contribution in [2.45, 2.75) is 0 Å². The summed E-state index contributed by atoms with van der Waals surface area (Å²) in [6.07, 6.45) is 0. The summed E-state index contributed by atoms with van der Waals surface area (Å²) in [5.41, 5.74) is 17.0. The molecule has 0 saturated carbocycles. The van der Waals surface area contributed by atoms with Crippen LogP contribution in [0.3, 0.4) is 0 Å². The van der Waals surface area contributed by atoms with Crippen molar-refractivity contribution < 1.29 is 4.42 Å². The minimum absolute atomic E-state index is 0.0577. The number of nitrogens with zero attached hydrogens (tertiary/aromatic N) is 1. The Bertz CT molecular complexity index is 2910. The third-order valence-corrected chi connectivity index (χ3v) is 12.4. The summed E-state index contributed by atoms with van der Waals surface area (Å²) in [6.45, 7) is 0.0577. The zero-order chi connectivity index (χ0) is 33.9. The van der Waals surface area contributed by atoms with Gasteiger partial charge in [0.2, 0.25) is 0 Å². The largest absolute Gasteiger partial charge is 0.456 e. The molecule has 0 radical (unpaired) electrons. The van der Waals surface area contributed by atoms with Crippen LogP contribution in [0.2, 0.25) is 0 Å². The van der Waals surface area contributed by atoms with Gasteiger partial charge in [-0.2, -0.15) is 0 Å². The molecule has 2 aromatic heterocycles. The standard InChI is InChI=1S/C48H28BNOS/c1-5-13-41-33(9-1)34-10-2-6-14-43(34)50-44-22-18-30(32-20-24-48-40(28-32)36-12-4-8-16-47(36)52-48)26-38(44)37-25-29(17-21-42(37)49(41)50)31-19-23-46-39(27-31)35-11-3-7-15-45(35)51-46/h1-28H. The second kappa shape index (κ2) is 10.6. The van der Waals surface area contributed by atoms with Gasteiger partial charge in [-0.3, -0.25) is 0 Å². The van der Waals surface area contributed by atoms with E-state index in [1.54, 1.807) is 0 Å². The maximum absolute atomic E-state index is 6.20. The van der Waals surface area contributed by atoms with E-state index in [0.29, 0.717) is 0 Å². The van der Waals surface area contributed by atoms with Crippen LogP contribution in [0.5, 0.6) is 0 Å². The minimum Gasteiger partial charge on any atom is -0.456 e. The molecule has 12 rings (SSSR count). The molecule has 0 amide bonds. The van der Waals surface area contributed by atoms with Crippen molar-refractivity contribution in [2.75, 3.05) is 4.81 Å². The van der Waals surface area contributed by atoms with Gasteiger partial charge >= 0.3 is 6.85 Å². The molecule has 0 spiro atoms. The normalized spacial score (nSPS) is 12.9. The average molecular weight is 678 g/mol. The Labute approximate surface area is 304 Å². The fourth-order valence-electron chi connectivity index (χ4n) is 8.91. The van der Waals surface area contributed by atoms with Crippen LogP contribution in [-0.2, 0) is 0 Å². The van der Waals surface area contributed by atoms with Crippen molar-refractivity contribution in [3.63, 3.8) is 0 Å². The predicted molar refractivity (Wildman–Crippen MR) is 222 cm³/mol. The van der Waals surface area contributed by atoms with Gasteiger partial charge in [0.25, 0.3) is 0 Å². The lowest BCUT2D eigenvalue weighted by Gasteiger charge is -2.43. The maximum atomic E-state index is 6.20. The Kier molecular flexibility index (Phi) is 5.77. The molecule has 0 bridgehead atoms. The highest BCUT2D eigenvalue weighted by Crippen LogP contribution is 2.48. The first-order valence-electron chi connectivity index (χ1n) is 17.9. The molecular formula is C48H28BNOS. The lowest BCUT2D eigenvalue weighted by Crippen LogP contribution is -2.59. The third-order valence-electron chi connectivity index (χ3n) is 11.3. The molecule has 0 fully saturated rings. The molecule has 52 heavy (non-hydrogen) atoms. The van der Waals surface area contributed by atoms with Crippen LogP contribution in [0.4, 0.5) is 11.4 Å². The quantitative estimate of drug-likeness (QED) is 0.169. The van der Waals surface area contributed by atoms with Crippen LogP contribution in [0, 0.1) is 0 Å². The molecule has 0 atom stereocenters. The summed E-state index contributed by atoms with van der Waals surface area (Å²) in [4.78, 5) is 2.58. The molecule has 10 aromatic rings. The van der Waals surface area contributed by atoms with Crippen LogP contribution >= 0.6 is 11.3 Å². The van der Waals surface area contributed by atoms with Gasteiger partial charge in [-0.25, -0.2) is 0 Å². The van der Waals surface area contributed by atoms with Crippen molar-refractivity contribution in [1.82, 2.24) is 0 Å². The van der Waals surface area contributed by atoms with Gasteiger partial charge in [-0.1, -0.05) is 109 Å². The number of thiophene rings is 1. The van der Waals surface area contributed by atoms with Gasteiger partial charge in [-0.05, 0) is 105 Å². The lowest BCUT2D eigenvalue weighted by atomic mass is 9.43. The fraction of sp³-hybridized carbons (Fsp3) is 0. The van der Waals surface area contributed by atoms with Crippen LogP contribution in [0.25, 0.3) is 86.6 Å². The topological polar surface area (TPSA) is 16.4 Å². The van der Waals surface area contributed by atoms with Crippen LogP contribution in [0.1, 0.15) is 0 Å². The van der Waals surface area contributed by atoms with Crippen LogP contribution in [-0.4, -0.2) is 6.85 Å². The average Bonchev–Trinajstić information content (AvgIpc) is 3.78. The second-order valence-electron chi connectivity index (χ2n) is 14.0. The van der Waals surface area contributed by atoms with Crippen molar-refractivity contribution in [3.8, 4) is 44.5 Å². The molecule has 2 aliphatic heterocycles. The van der Waals surface area contributed by atoms with E-state index in [2.05, 4.69) is 163 Å². The Morgan fingerprint density at radius 3 is 1.90 bits per heavy atom. The number of hydrogen-bond donors (Lipinski definition) is 0. The summed E-state index contributed by atoms with van der Waals surface area (Å²) in [5.74, 6) is 0. The molecule has 8 aromatic carbocycles. The van der Waals surface area contributed by atoms with E-state index in [4.69, 9.17) is 4.42 Å². The summed E-state index contributed by atoms with van der Waals surface area (Å²) >= 11 is 1.87. The van der Waals surface area contributed by atoms with E-state index in [0.717, 1.165) is 21.9 Å². The Balaban J connectivity index is 1.10. The van der Waals surface area contributed by atoms with Crippen molar-refractivity contribution in [2.24, 2.45) is 0 Å². The van der Waals surface area contributed by atoms with E-state index in [-0.39, 0.29) is 6.85 Å². The van der Waals surface area contributed by atoms with Gasteiger partial charge in [0, 0.05) is 53.4 Å². The van der Waals surface area contributed by atoms with Gasteiger partial charge in [0.05, 0.1) is 0 Å². The van der Waals surface area contributed by atoms with Gasteiger partial charge in [-0.15, -0.1) is 11.3 Å². The lowest BCUT2D eigenvalue weighted by molar-refractivity contribution is 0.669. The molecule has 0 unspecified atom stereocenters. The highest BCUT2D eigenvalue weighted by atomic mass is 32.1. The number of fused-ring (bicyclic) bond motifs is 17. The smallest absolute Gasteiger partial charge is 0.329 e. The third kappa shape index (κ3) is 3.96. The van der Waals surface area contributed by atoms with Crippen LogP contribution < -0.4 is 15.7 Å². The number of hydrogen-bond acceptors (Lipinski definition) is 3. The number of benzene rings is 8. The zero-order valence-electron chi connectivity index (χ0n) is 28.0. The molecule has 2 nitrogen and oxygen atoms in total. The van der Waals surface area contributed by atoms with Gasteiger partial charge in [0.1, 0.15) is 11.2 Å². The number of anilines is 2. The Morgan fingerprint density at radius 2 is 0.981 bits per heavy atom. The molecule has 2 aliphatic rings. The zero-order valence-corrected chi connectivity index (χ0v) is 28.8. The van der Waals surface area contributed by atoms with Crippen molar-refractivity contribution >= 4 is 82.6 Å². The summed E-state index contributed by atoms with van der Waals surface area (Å²) in [5, 5.41) is 4.94. The SMILES string of the molecule is c1ccc2c(c1)B1c3ccc(-c4ccc5oc6ccccc6c5c4)cc3-c3cc(-c4ccc5sc6ccccc6c5c4)ccc3N1c1ccccc1-2. The Hall–Kier alpha value is -6.36. The van der Waals surface area contributed by atoms with E-state index in [9.17, 15) is 0 Å². The minimum atomic E-state index is 0.0577. The fourth-order valence-corrected chi connectivity index (χ4v) is 9.99. The number of rotatable bonds is 2. The molecule has 0 aliphatic carbocycles. The highest BCUT2D eigenvalue weighted by molar-refractivity contribution is 7.25.